The van der Waals surface area contributed by atoms with Crippen LogP contribution in [0.15, 0.2) is 200 Å². The molecule has 11 aromatic carbocycles. The summed E-state index contributed by atoms with van der Waals surface area (Å²) in [5.41, 5.74) is 22.6. The molecule has 0 bridgehead atoms. The molecule has 13 rings (SSSR count). The second kappa shape index (κ2) is 24.3. The third-order valence-corrected chi connectivity index (χ3v) is 20.3. The Balaban J connectivity index is 0.893. The predicted octanol–water partition coefficient (Wildman–Crippen LogP) is 25.4. The Morgan fingerprint density at radius 2 is 0.671 bits per heavy atom. The fraction of sp³-hybridized carbons (Fsp3) is 0.310. The highest BCUT2D eigenvalue weighted by Crippen LogP contribution is 2.57. The van der Waals surface area contributed by atoms with Gasteiger partial charge in [0.15, 0.2) is 0 Å². The van der Waals surface area contributed by atoms with Crippen molar-refractivity contribution in [3.05, 3.63) is 234 Å². The van der Waals surface area contributed by atoms with E-state index in [0.717, 1.165) is 0 Å². The van der Waals surface area contributed by atoms with Crippen LogP contribution in [0.3, 0.4) is 0 Å². The molecule has 1 nitrogen and oxygen atoms in total. The van der Waals surface area contributed by atoms with Crippen molar-refractivity contribution in [1.82, 2.24) is 0 Å². The van der Waals surface area contributed by atoms with Crippen LogP contribution in [0.4, 0.5) is 17.1 Å². The maximum atomic E-state index is 2.69. The standard InChI is InChI=1S/C84H87N/c1-7-9-11-13-15-17-19-31-53-84(54-32-20-18-16-14-12-10-8-2)75-42-30-29-35-65(75)68-49-46-61(56-78(68)84)82-73-40-27-25-38-71(73)81(72-39-26-28-41-74(72)82)60-45-48-66-67-50-47-62(57-77(67)83(5,6)76(66)55-60)85(79-51-43-58(3)63-33-21-23-36-69(63)79)80-52-44-59(4)64-34-22-24-37-70(64)80/h21-30,33-52,55-57H,7-20,31-32,53-54H2,1-6H3. The number of rotatable bonds is 23. The van der Waals surface area contributed by atoms with E-state index in [4.69, 9.17) is 0 Å². The van der Waals surface area contributed by atoms with E-state index in [1.807, 2.05) is 0 Å². The third-order valence-electron chi connectivity index (χ3n) is 20.3. The van der Waals surface area contributed by atoms with Crippen LogP contribution < -0.4 is 4.90 Å². The van der Waals surface area contributed by atoms with Crippen LogP contribution in [0, 0.1) is 13.8 Å². The number of nitrogens with zero attached hydrogens (tertiary/aromatic N) is 1. The molecule has 0 saturated heterocycles. The van der Waals surface area contributed by atoms with Gasteiger partial charge < -0.3 is 4.90 Å². The van der Waals surface area contributed by atoms with Gasteiger partial charge in [-0.25, -0.2) is 0 Å². The summed E-state index contributed by atoms with van der Waals surface area (Å²) in [5, 5.41) is 10.3. The molecule has 0 amide bonds. The molecule has 11 aromatic rings. The van der Waals surface area contributed by atoms with Crippen molar-refractivity contribution in [3.8, 4) is 44.5 Å². The van der Waals surface area contributed by atoms with Crippen molar-refractivity contribution in [3.63, 3.8) is 0 Å². The number of anilines is 3. The number of hydrogen-bond acceptors (Lipinski definition) is 1. The van der Waals surface area contributed by atoms with Gasteiger partial charge in [-0.3, -0.25) is 0 Å². The molecular formula is C84H87N. The van der Waals surface area contributed by atoms with E-state index in [1.54, 1.807) is 11.1 Å². The second-order valence-electron chi connectivity index (χ2n) is 26.0. The molecule has 0 aromatic heterocycles. The largest absolute Gasteiger partial charge is 0.309 e. The minimum Gasteiger partial charge on any atom is -0.309 e. The second-order valence-corrected chi connectivity index (χ2v) is 26.0. The third kappa shape index (κ3) is 10.3. The molecule has 0 N–H and O–H groups in total. The maximum Gasteiger partial charge on any atom is 0.0540 e. The van der Waals surface area contributed by atoms with Crippen LogP contribution in [0.1, 0.15) is 177 Å². The summed E-state index contributed by atoms with van der Waals surface area (Å²) in [4.78, 5) is 2.53. The Hall–Kier alpha value is -7.74. The van der Waals surface area contributed by atoms with Crippen LogP contribution >= 0.6 is 0 Å². The Morgan fingerprint density at radius 1 is 0.306 bits per heavy atom. The lowest BCUT2D eigenvalue weighted by molar-refractivity contribution is 0.397. The highest BCUT2D eigenvalue weighted by molar-refractivity contribution is 6.21. The van der Waals surface area contributed by atoms with Crippen LogP contribution in [-0.2, 0) is 10.8 Å². The van der Waals surface area contributed by atoms with Crippen molar-refractivity contribution >= 4 is 60.2 Å². The van der Waals surface area contributed by atoms with Crippen molar-refractivity contribution in [2.24, 2.45) is 0 Å². The first-order valence-corrected chi connectivity index (χ1v) is 33.0. The molecule has 1 heteroatoms. The average molecular weight is 1110 g/mol. The van der Waals surface area contributed by atoms with Gasteiger partial charge in [0, 0.05) is 27.3 Å². The van der Waals surface area contributed by atoms with E-state index < -0.39 is 0 Å². The molecule has 428 valence electrons. The summed E-state index contributed by atoms with van der Waals surface area (Å²) >= 11 is 0. The Labute approximate surface area is 508 Å². The van der Waals surface area contributed by atoms with Crippen LogP contribution in [0.25, 0.3) is 87.6 Å². The van der Waals surface area contributed by atoms with Gasteiger partial charge in [-0.1, -0.05) is 294 Å². The lowest BCUT2D eigenvalue weighted by Gasteiger charge is -2.33. The van der Waals surface area contributed by atoms with E-state index in [0.29, 0.717) is 0 Å². The number of aryl methyl sites for hydroxylation is 2. The van der Waals surface area contributed by atoms with Gasteiger partial charge in [0.05, 0.1) is 11.4 Å². The molecule has 0 spiro atoms. The Kier molecular flexibility index (Phi) is 16.1. The lowest BCUT2D eigenvalue weighted by atomic mass is 9.70. The van der Waals surface area contributed by atoms with Gasteiger partial charge in [-0.2, -0.15) is 0 Å². The number of unbranched alkanes of at least 4 members (excludes halogenated alkanes) is 14. The first kappa shape index (κ1) is 56.4. The van der Waals surface area contributed by atoms with E-state index >= 15 is 0 Å². The first-order chi connectivity index (χ1) is 41.7. The monoisotopic (exact) mass is 1110 g/mol. The summed E-state index contributed by atoms with van der Waals surface area (Å²) in [5.74, 6) is 0. The van der Waals surface area contributed by atoms with Gasteiger partial charge in [0.1, 0.15) is 0 Å². The van der Waals surface area contributed by atoms with Crippen LogP contribution in [-0.4, -0.2) is 0 Å². The summed E-state index contributed by atoms with van der Waals surface area (Å²) in [7, 11) is 0. The first-order valence-electron chi connectivity index (χ1n) is 33.0. The lowest BCUT2D eigenvalue weighted by Crippen LogP contribution is -2.25. The average Bonchev–Trinajstić information content (AvgIpc) is 3.27. The van der Waals surface area contributed by atoms with E-state index in [-0.39, 0.29) is 10.8 Å². The number of fused-ring (bicyclic) bond motifs is 10. The Morgan fingerprint density at radius 3 is 1.15 bits per heavy atom. The van der Waals surface area contributed by atoms with Crippen LogP contribution in [0.5, 0.6) is 0 Å². The summed E-state index contributed by atoms with van der Waals surface area (Å²) in [6, 6.07) is 77.7. The normalized spacial score (nSPS) is 13.6. The summed E-state index contributed by atoms with van der Waals surface area (Å²) in [6.45, 7) is 14.0. The van der Waals surface area contributed by atoms with E-state index in [9.17, 15) is 0 Å². The zero-order valence-electron chi connectivity index (χ0n) is 51.7. The zero-order valence-corrected chi connectivity index (χ0v) is 51.7. The fourth-order valence-corrected chi connectivity index (χ4v) is 15.8. The van der Waals surface area contributed by atoms with Crippen molar-refractivity contribution in [1.29, 1.82) is 0 Å². The molecule has 0 unspecified atom stereocenters. The molecule has 0 heterocycles. The smallest absolute Gasteiger partial charge is 0.0540 e. The predicted molar refractivity (Wildman–Crippen MR) is 370 cm³/mol. The van der Waals surface area contributed by atoms with Gasteiger partial charge in [0.25, 0.3) is 0 Å². The highest BCUT2D eigenvalue weighted by Gasteiger charge is 2.43. The van der Waals surface area contributed by atoms with Gasteiger partial charge in [-0.05, 0) is 173 Å². The maximum absolute atomic E-state index is 2.69. The molecule has 0 aliphatic heterocycles. The molecule has 0 radical (unpaired) electrons. The van der Waals surface area contributed by atoms with Crippen LogP contribution in [0.2, 0.25) is 0 Å². The molecule has 2 aliphatic carbocycles. The molecule has 0 atom stereocenters. The number of benzene rings is 11. The van der Waals surface area contributed by atoms with Gasteiger partial charge >= 0.3 is 0 Å². The summed E-state index contributed by atoms with van der Waals surface area (Å²) < 4.78 is 0. The topological polar surface area (TPSA) is 3.24 Å². The zero-order chi connectivity index (χ0) is 58.1. The highest BCUT2D eigenvalue weighted by atomic mass is 15.1. The van der Waals surface area contributed by atoms with Crippen molar-refractivity contribution < 1.29 is 0 Å². The molecular weight excluding hydrogens is 1020 g/mol. The molecule has 2 aliphatic rings. The minimum atomic E-state index is -0.268. The van der Waals surface area contributed by atoms with E-state index in [1.165, 1.54) is 242 Å². The van der Waals surface area contributed by atoms with Crippen molar-refractivity contribution in [2.75, 3.05) is 4.90 Å². The van der Waals surface area contributed by atoms with Gasteiger partial charge in [-0.15, -0.1) is 0 Å². The Bertz CT molecular complexity index is 4080. The molecule has 0 saturated carbocycles. The number of hydrogen-bond donors (Lipinski definition) is 0. The molecule has 85 heavy (non-hydrogen) atoms. The van der Waals surface area contributed by atoms with Gasteiger partial charge in [0.2, 0.25) is 0 Å². The quantitative estimate of drug-likeness (QED) is 0.0456. The SMILES string of the molecule is CCCCCCCCCCC1(CCCCCCCCCC)c2ccccc2-c2ccc(-c3c4ccccc4c(-c4ccc5c(c4)C(C)(C)c4cc(N(c6ccc(C)c7ccccc67)c6ccc(C)c7ccccc67)ccc4-5)c4ccccc34)cc21. The molecule has 0 fully saturated rings. The van der Waals surface area contributed by atoms with Crippen molar-refractivity contribution in [2.45, 2.75) is 168 Å². The summed E-state index contributed by atoms with van der Waals surface area (Å²) in [6.07, 6.45) is 24.0. The fourth-order valence-electron chi connectivity index (χ4n) is 15.8. The van der Waals surface area contributed by atoms with E-state index in [2.05, 4.69) is 247 Å². The minimum absolute atomic E-state index is 0.00978.